The summed E-state index contributed by atoms with van der Waals surface area (Å²) >= 11 is 0. The topological polar surface area (TPSA) is 99.2 Å². The molecule has 3 aromatic rings. The average Bonchev–Trinajstić information content (AvgIpc) is 3.61. The molecular formula is C38H49NO8. The number of carbonyl (C=O) groups is 1. The summed E-state index contributed by atoms with van der Waals surface area (Å²) < 4.78 is 35.5. The van der Waals surface area contributed by atoms with Gasteiger partial charge < -0.3 is 33.5 Å². The maximum atomic E-state index is 12.3. The number of carbonyl (C=O) groups excluding carboxylic acids is 1. The normalized spacial score (nSPS) is 19.4. The summed E-state index contributed by atoms with van der Waals surface area (Å²) in [6.45, 7) is 12.1. The van der Waals surface area contributed by atoms with Gasteiger partial charge in [0.05, 0.1) is 25.9 Å². The van der Waals surface area contributed by atoms with Crippen LogP contribution in [0.15, 0.2) is 54.6 Å². The van der Waals surface area contributed by atoms with Crippen LogP contribution in [0, 0.1) is 0 Å². The average molecular weight is 648 g/mol. The largest absolute Gasteiger partial charge is 0.507 e. The molecule has 0 aromatic heterocycles. The van der Waals surface area contributed by atoms with Crippen molar-refractivity contribution in [3.63, 3.8) is 0 Å². The molecule has 9 nitrogen and oxygen atoms in total. The van der Waals surface area contributed by atoms with Gasteiger partial charge in [0.2, 0.25) is 0 Å². The van der Waals surface area contributed by atoms with E-state index in [9.17, 15) is 9.90 Å². The Kier molecular flexibility index (Phi) is 11.3. The number of esters is 1. The van der Waals surface area contributed by atoms with Crippen molar-refractivity contribution in [1.29, 1.82) is 0 Å². The Morgan fingerprint density at radius 1 is 0.979 bits per heavy atom. The van der Waals surface area contributed by atoms with Gasteiger partial charge >= 0.3 is 5.97 Å². The molecule has 3 unspecified atom stereocenters. The van der Waals surface area contributed by atoms with E-state index in [-0.39, 0.29) is 29.9 Å². The fourth-order valence-corrected chi connectivity index (χ4v) is 6.15. The van der Waals surface area contributed by atoms with Crippen LogP contribution in [0.25, 0.3) is 0 Å². The van der Waals surface area contributed by atoms with Crippen molar-refractivity contribution in [2.45, 2.75) is 97.3 Å². The van der Waals surface area contributed by atoms with Gasteiger partial charge in [-0.3, -0.25) is 4.90 Å². The summed E-state index contributed by atoms with van der Waals surface area (Å²) in [5.74, 6) is 2.31. The van der Waals surface area contributed by atoms with E-state index >= 15 is 0 Å². The van der Waals surface area contributed by atoms with Crippen LogP contribution >= 0.6 is 0 Å². The molecule has 1 N–H and O–H groups in total. The number of methoxy groups -OCH3 is 1. The number of nitrogens with zero attached hydrogens (tertiary/aromatic N) is 1. The molecule has 0 bridgehead atoms. The van der Waals surface area contributed by atoms with E-state index < -0.39 is 5.97 Å². The summed E-state index contributed by atoms with van der Waals surface area (Å²) in [4.78, 5) is 14.6. The Bertz CT molecular complexity index is 1520. The van der Waals surface area contributed by atoms with Crippen LogP contribution in [-0.2, 0) is 27.1 Å². The second kappa shape index (κ2) is 15.4. The quantitative estimate of drug-likeness (QED) is 0.100. The van der Waals surface area contributed by atoms with Gasteiger partial charge in [-0.1, -0.05) is 38.5 Å². The minimum atomic E-state index is -0.451. The van der Waals surface area contributed by atoms with Crippen LogP contribution in [0.3, 0.4) is 0 Å². The van der Waals surface area contributed by atoms with Gasteiger partial charge in [-0.15, -0.1) is 0 Å². The lowest BCUT2D eigenvalue weighted by atomic mass is 9.98. The third kappa shape index (κ3) is 8.58. The fourth-order valence-electron chi connectivity index (χ4n) is 6.15. The van der Waals surface area contributed by atoms with Gasteiger partial charge in [0.25, 0.3) is 0 Å². The molecule has 2 saturated heterocycles. The molecule has 2 heterocycles. The lowest BCUT2D eigenvalue weighted by Crippen LogP contribution is -2.31. The molecule has 0 spiro atoms. The summed E-state index contributed by atoms with van der Waals surface area (Å²) in [6.07, 6.45) is 4.78. The molecule has 0 radical (unpaired) electrons. The SMILES string of the molecule is CCCc1c(OCCCOc2cc(O)c(C3CCCN3C3OC3OC(C)(C)C)cc2CC)cccc1Oc1ccccc1C(=O)OC. The minimum absolute atomic E-state index is 0.0762. The number of aryl methyl sites for hydroxylation is 1. The van der Waals surface area contributed by atoms with Crippen LogP contribution in [0.4, 0.5) is 0 Å². The van der Waals surface area contributed by atoms with E-state index in [0.29, 0.717) is 42.4 Å². The van der Waals surface area contributed by atoms with Crippen LogP contribution in [0.2, 0.25) is 0 Å². The number of phenols is 1. The molecule has 5 rings (SSSR count). The Morgan fingerprint density at radius 3 is 2.43 bits per heavy atom. The molecule has 0 aliphatic carbocycles. The first-order valence-corrected chi connectivity index (χ1v) is 16.8. The number of phenolic OH excluding ortho intramolecular Hbond substituents is 1. The van der Waals surface area contributed by atoms with Gasteiger partial charge in [-0.25, -0.2) is 4.79 Å². The van der Waals surface area contributed by atoms with Crippen molar-refractivity contribution in [3.8, 4) is 28.7 Å². The highest BCUT2D eigenvalue weighted by Gasteiger charge is 2.50. The standard InChI is InChI=1S/C38H49NO8/c1-7-14-26-31(18-11-19-32(26)45-33-17-10-9-15-27(33)36(41)42-6)43-21-13-22-44-34-24-30(40)28(23-25(34)8-2)29-16-12-20-39(29)35-37(46-35)47-38(3,4)5/h9-11,15,17-19,23-24,29,35,37,40H,7-8,12-14,16,20-22H2,1-6H3. The molecule has 9 heteroatoms. The first-order chi connectivity index (χ1) is 22.6. The lowest BCUT2D eigenvalue weighted by Gasteiger charge is -2.26. The summed E-state index contributed by atoms with van der Waals surface area (Å²) in [7, 11) is 1.36. The fraction of sp³-hybridized carbons (Fsp3) is 0.500. The number of ether oxygens (including phenoxy) is 6. The van der Waals surface area contributed by atoms with E-state index in [1.807, 2.05) is 45.0 Å². The molecule has 47 heavy (non-hydrogen) atoms. The predicted molar refractivity (Wildman–Crippen MR) is 180 cm³/mol. The van der Waals surface area contributed by atoms with Crippen molar-refractivity contribution in [2.24, 2.45) is 0 Å². The summed E-state index contributed by atoms with van der Waals surface area (Å²) in [5, 5.41) is 11.1. The van der Waals surface area contributed by atoms with E-state index in [1.54, 1.807) is 24.3 Å². The maximum absolute atomic E-state index is 12.3. The van der Waals surface area contributed by atoms with Crippen molar-refractivity contribution < 1.29 is 38.3 Å². The minimum Gasteiger partial charge on any atom is -0.507 e. The second-order valence-corrected chi connectivity index (χ2v) is 13.0. The van der Waals surface area contributed by atoms with E-state index in [0.717, 1.165) is 61.1 Å². The highest BCUT2D eigenvalue weighted by Crippen LogP contribution is 2.45. The number of likely N-dealkylation sites (tertiary alicyclic amines) is 1. The van der Waals surface area contributed by atoms with Crippen molar-refractivity contribution >= 4 is 5.97 Å². The summed E-state index contributed by atoms with van der Waals surface area (Å²) in [6, 6.07) is 16.7. The number of aromatic hydroxyl groups is 1. The number of hydrogen-bond donors (Lipinski definition) is 1. The van der Waals surface area contributed by atoms with Crippen molar-refractivity contribution in [3.05, 3.63) is 76.9 Å². The zero-order valence-electron chi connectivity index (χ0n) is 28.5. The molecule has 0 amide bonds. The lowest BCUT2D eigenvalue weighted by molar-refractivity contribution is -0.0578. The van der Waals surface area contributed by atoms with Crippen molar-refractivity contribution in [1.82, 2.24) is 4.90 Å². The smallest absolute Gasteiger partial charge is 0.341 e. The Balaban J connectivity index is 1.19. The molecule has 2 aliphatic heterocycles. The maximum Gasteiger partial charge on any atom is 0.341 e. The summed E-state index contributed by atoms with van der Waals surface area (Å²) in [5.41, 5.74) is 3.01. The Hall–Kier alpha value is -3.79. The highest BCUT2D eigenvalue weighted by atomic mass is 16.8. The van der Waals surface area contributed by atoms with E-state index in [1.165, 1.54) is 7.11 Å². The van der Waals surface area contributed by atoms with Gasteiger partial charge in [-0.2, -0.15) is 0 Å². The second-order valence-electron chi connectivity index (χ2n) is 13.0. The monoisotopic (exact) mass is 647 g/mol. The van der Waals surface area contributed by atoms with E-state index in [2.05, 4.69) is 24.8 Å². The van der Waals surface area contributed by atoms with Gasteiger partial charge in [0, 0.05) is 36.2 Å². The van der Waals surface area contributed by atoms with Crippen LogP contribution < -0.4 is 14.2 Å². The molecule has 3 atom stereocenters. The molecule has 2 aliphatic rings. The number of rotatable bonds is 15. The van der Waals surface area contributed by atoms with Gasteiger partial charge in [0.15, 0.2) is 12.5 Å². The molecular weight excluding hydrogens is 598 g/mol. The van der Waals surface area contributed by atoms with E-state index in [4.69, 9.17) is 28.4 Å². The Morgan fingerprint density at radius 2 is 1.70 bits per heavy atom. The van der Waals surface area contributed by atoms with Crippen LogP contribution in [0.5, 0.6) is 28.7 Å². The zero-order valence-corrected chi connectivity index (χ0v) is 28.5. The number of para-hydroxylation sites is 1. The number of hydrogen-bond acceptors (Lipinski definition) is 9. The van der Waals surface area contributed by atoms with Crippen LogP contribution in [-0.4, -0.2) is 61.0 Å². The zero-order chi connectivity index (χ0) is 33.6. The van der Waals surface area contributed by atoms with Gasteiger partial charge in [0.1, 0.15) is 34.3 Å². The Labute approximate surface area is 278 Å². The van der Waals surface area contributed by atoms with Crippen molar-refractivity contribution in [2.75, 3.05) is 26.9 Å². The third-order valence-corrected chi connectivity index (χ3v) is 8.38. The first kappa shape index (κ1) is 34.5. The first-order valence-electron chi connectivity index (χ1n) is 16.8. The molecule has 0 saturated carbocycles. The molecule has 3 aromatic carbocycles. The number of epoxide rings is 1. The third-order valence-electron chi connectivity index (χ3n) is 8.38. The van der Waals surface area contributed by atoms with Gasteiger partial charge in [-0.05, 0) is 82.3 Å². The molecule has 254 valence electrons. The molecule has 2 fully saturated rings. The predicted octanol–water partition coefficient (Wildman–Crippen LogP) is 7.97. The number of benzene rings is 3. The van der Waals surface area contributed by atoms with Crippen LogP contribution in [0.1, 0.15) is 93.4 Å². The highest BCUT2D eigenvalue weighted by molar-refractivity contribution is 5.92.